The van der Waals surface area contributed by atoms with E-state index in [1.807, 2.05) is 18.2 Å². The van der Waals surface area contributed by atoms with E-state index < -0.39 is 0 Å². The number of aliphatic hydroxyl groups is 1. The van der Waals surface area contributed by atoms with Gasteiger partial charge in [-0.05, 0) is 24.3 Å². The highest BCUT2D eigenvalue weighted by Gasteiger charge is 2.07. The van der Waals surface area contributed by atoms with Crippen molar-refractivity contribution in [1.82, 2.24) is 10.6 Å². The number of hydrogen-bond acceptors (Lipinski definition) is 4. The van der Waals surface area contributed by atoms with E-state index in [1.165, 1.54) is 6.07 Å². The molecule has 0 aliphatic rings. The summed E-state index contributed by atoms with van der Waals surface area (Å²) in [7, 11) is 0. The zero-order valence-corrected chi connectivity index (χ0v) is 17.4. The molecule has 0 heterocycles. The SMILES string of the molecule is Cl.Cl.OCCNCCNCc1cc(Br)ccc1OCc1ccccc1F. The van der Waals surface area contributed by atoms with Crippen LogP contribution in [0.25, 0.3) is 0 Å². The molecule has 2 aromatic rings. The molecule has 4 nitrogen and oxygen atoms in total. The minimum absolute atomic E-state index is 0. The second-order valence-corrected chi connectivity index (χ2v) is 6.20. The first-order chi connectivity index (χ1) is 11.7. The molecule has 0 aliphatic carbocycles. The highest BCUT2D eigenvalue weighted by Crippen LogP contribution is 2.24. The average molecular weight is 470 g/mol. The molecule has 26 heavy (non-hydrogen) atoms. The molecule has 0 radical (unpaired) electrons. The minimum Gasteiger partial charge on any atom is -0.488 e. The van der Waals surface area contributed by atoms with Crippen molar-refractivity contribution in [1.29, 1.82) is 0 Å². The van der Waals surface area contributed by atoms with Gasteiger partial charge >= 0.3 is 0 Å². The van der Waals surface area contributed by atoms with Crippen molar-refractivity contribution in [3.63, 3.8) is 0 Å². The molecule has 0 fully saturated rings. The molecule has 0 atom stereocenters. The van der Waals surface area contributed by atoms with E-state index >= 15 is 0 Å². The number of ether oxygens (including phenoxy) is 1. The fourth-order valence-corrected chi connectivity index (χ4v) is 2.61. The van der Waals surface area contributed by atoms with Crippen LogP contribution in [0.4, 0.5) is 4.39 Å². The van der Waals surface area contributed by atoms with Gasteiger partial charge in [-0.15, -0.1) is 24.8 Å². The largest absolute Gasteiger partial charge is 0.488 e. The molecule has 2 rings (SSSR count). The van der Waals surface area contributed by atoms with E-state index in [-0.39, 0.29) is 43.8 Å². The first kappa shape index (κ1) is 25.1. The number of halogens is 4. The molecule has 0 aliphatic heterocycles. The third kappa shape index (κ3) is 8.66. The van der Waals surface area contributed by atoms with Crippen LogP contribution in [0.3, 0.4) is 0 Å². The summed E-state index contributed by atoms with van der Waals surface area (Å²) in [6.07, 6.45) is 0. The maximum Gasteiger partial charge on any atom is 0.129 e. The van der Waals surface area contributed by atoms with E-state index in [0.717, 1.165) is 28.9 Å². The van der Waals surface area contributed by atoms with Gasteiger partial charge in [-0.1, -0.05) is 34.1 Å². The molecule has 8 heteroatoms. The maximum atomic E-state index is 13.7. The lowest BCUT2D eigenvalue weighted by Gasteiger charge is -2.13. The summed E-state index contributed by atoms with van der Waals surface area (Å²) in [5.41, 5.74) is 1.54. The zero-order chi connectivity index (χ0) is 17.2. The van der Waals surface area contributed by atoms with E-state index in [4.69, 9.17) is 9.84 Å². The summed E-state index contributed by atoms with van der Waals surface area (Å²) in [4.78, 5) is 0. The molecule has 3 N–H and O–H groups in total. The Labute approximate surface area is 174 Å². The Hall–Kier alpha value is -0.890. The molecular formula is C18H24BrCl2FN2O2. The first-order valence-corrected chi connectivity index (χ1v) is 8.67. The highest BCUT2D eigenvalue weighted by atomic mass is 79.9. The molecule has 0 saturated carbocycles. The van der Waals surface area contributed by atoms with Gasteiger partial charge in [0.05, 0.1) is 6.61 Å². The molecule has 0 spiro atoms. The Bertz CT molecular complexity index is 650. The summed E-state index contributed by atoms with van der Waals surface area (Å²) in [6, 6.07) is 12.4. The second-order valence-electron chi connectivity index (χ2n) is 5.28. The van der Waals surface area contributed by atoms with Crippen molar-refractivity contribution < 1.29 is 14.2 Å². The Morgan fingerprint density at radius 3 is 2.42 bits per heavy atom. The molecule has 0 amide bonds. The molecular weight excluding hydrogens is 446 g/mol. The third-order valence-corrected chi connectivity index (χ3v) is 3.94. The van der Waals surface area contributed by atoms with Gasteiger partial charge in [0.15, 0.2) is 0 Å². The van der Waals surface area contributed by atoms with Crippen LogP contribution in [-0.4, -0.2) is 31.3 Å². The lowest BCUT2D eigenvalue weighted by atomic mass is 10.2. The van der Waals surface area contributed by atoms with Crippen LogP contribution in [0.2, 0.25) is 0 Å². The second kappa shape index (κ2) is 14.2. The summed E-state index contributed by atoms with van der Waals surface area (Å²) >= 11 is 3.46. The van der Waals surface area contributed by atoms with Gasteiger partial charge < -0.3 is 20.5 Å². The lowest BCUT2D eigenvalue weighted by Crippen LogP contribution is -2.28. The molecule has 0 saturated heterocycles. The minimum atomic E-state index is -0.260. The van der Waals surface area contributed by atoms with E-state index in [1.54, 1.807) is 18.2 Å². The Morgan fingerprint density at radius 2 is 1.69 bits per heavy atom. The van der Waals surface area contributed by atoms with Gasteiger partial charge in [0.25, 0.3) is 0 Å². The van der Waals surface area contributed by atoms with E-state index in [0.29, 0.717) is 18.7 Å². The van der Waals surface area contributed by atoms with Gasteiger partial charge in [0, 0.05) is 41.8 Å². The van der Waals surface area contributed by atoms with Crippen LogP contribution in [0.15, 0.2) is 46.9 Å². The van der Waals surface area contributed by atoms with Crippen molar-refractivity contribution in [2.75, 3.05) is 26.2 Å². The summed E-state index contributed by atoms with van der Waals surface area (Å²) < 4.78 is 20.5. The van der Waals surface area contributed by atoms with E-state index in [9.17, 15) is 4.39 Å². The van der Waals surface area contributed by atoms with Crippen molar-refractivity contribution in [2.45, 2.75) is 13.2 Å². The summed E-state index contributed by atoms with van der Waals surface area (Å²) in [5, 5.41) is 15.1. The van der Waals surface area contributed by atoms with Crippen molar-refractivity contribution >= 4 is 40.7 Å². The van der Waals surface area contributed by atoms with Crippen LogP contribution in [-0.2, 0) is 13.2 Å². The maximum absolute atomic E-state index is 13.7. The summed E-state index contributed by atoms with van der Waals surface area (Å²) in [6.45, 7) is 3.13. The van der Waals surface area contributed by atoms with Crippen molar-refractivity contribution in [3.8, 4) is 5.75 Å². The zero-order valence-electron chi connectivity index (χ0n) is 14.2. The van der Waals surface area contributed by atoms with E-state index in [2.05, 4.69) is 26.6 Å². The number of nitrogens with one attached hydrogen (secondary N) is 2. The Kier molecular flexibility index (Phi) is 13.7. The predicted molar refractivity (Wildman–Crippen MR) is 111 cm³/mol. The van der Waals surface area contributed by atoms with Crippen LogP contribution >= 0.6 is 40.7 Å². The number of aliphatic hydroxyl groups excluding tert-OH is 1. The van der Waals surface area contributed by atoms with Crippen LogP contribution in [0.1, 0.15) is 11.1 Å². The van der Waals surface area contributed by atoms with Gasteiger partial charge in [-0.2, -0.15) is 0 Å². The van der Waals surface area contributed by atoms with Crippen LogP contribution in [0.5, 0.6) is 5.75 Å². The monoisotopic (exact) mass is 468 g/mol. The topological polar surface area (TPSA) is 53.5 Å². The Morgan fingerprint density at radius 1 is 0.962 bits per heavy atom. The number of rotatable bonds is 10. The standard InChI is InChI=1S/C18H22BrFN2O2.2ClH/c19-16-5-6-18(24-13-14-3-1-2-4-17(14)20)15(11-16)12-22-8-7-21-9-10-23;;/h1-6,11,21-23H,7-10,12-13H2;2*1H. The lowest BCUT2D eigenvalue weighted by molar-refractivity contribution is 0.292. The van der Waals surface area contributed by atoms with Gasteiger partial charge in [-0.25, -0.2) is 4.39 Å². The first-order valence-electron chi connectivity index (χ1n) is 7.87. The normalized spacial score (nSPS) is 9.96. The van der Waals surface area contributed by atoms with Gasteiger partial charge in [0.1, 0.15) is 18.2 Å². The van der Waals surface area contributed by atoms with Gasteiger partial charge in [0.2, 0.25) is 0 Å². The molecule has 2 aromatic carbocycles. The van der Waals surface area contributed by atoms with Crippen LogP contribution in [0, 0.1) is 5.82 Å². The number of benzene rings is 2. The Balaban J connectivity index is 0.00000312. The van der Waals surface area contributed by atoms with Crippen LogP contribution < -0.4 is 15.4 Å². The average Bonchev–Trinajstić information content (AvgIpc) is 2.58. The fourth-order valence-electron chi connectivity index (χ4n) is 2.20. The van der Waals surface area contributed by atoms with Crippen molar-refractivity contribution in [2.24, 2.45) is 0 Å². The quantitative estimate of drug-likeness (QED) is 0.464. The van der Waals surface area contributed by atoms with Gasteiger partial charge in [-0.3, -0.25) is 0 Å². The smallest absolute Gasteiger partial charge is 0.129 e. The molecule has 0 aromatic heterocycles. The third-order valence-electron chi connectivity index (χ3n) is 3.45. The molecule has 0 unspecified atom stereocenters. The predicted octanol–water partition coefficient (Wildman–Crippen LogP) is 3.68. The number of hydrogen-bond donors (Lipinski definition) is 3. The fraction of sp³-hybridized carbons (Fsp3) is 0.333. The molecule has 146 valence electrons. The highest BCUT2D eigenvalue weighted by molar-refractivity contribution is 9.10. The molecule has 0 bridgehead atoms. The summed E-state index contributed by atoms with van der Waals surface area (Å²) in [5.74, 6) is 0.474. The van der Waals surface area contributed by atoms with Crippen molar-refractivity contribution in [3.05, 3.63) is 63.9 Å².